The van der Waals surface area contributed by atoms with Gasteiger partial charge in [-0.2, -0.15) is 11.8 Å². The van der Waals surface area contributed by atoms with Crippen molar-refractivity contribution in [3.63, 3.8) is 0 Å². The Kier molecular flexibility index (Phi) is 5.67. The molecule has 1 N–H and O–H groups in total. The quantitative estimate of drug-likeness (QED) is 0.820. The summed E-state index contributed by atoms with van der Waals surface area (Å²) < 4.78 is 0. The van der Waals surface area contributed by atoms with Crippen LogP contribution in [0.1, 0.15) is 24.3 Å². The molecule has 1 fully saturated rings. The second-order valence-electron chi connectivity index (χ2n) is 5.36. The molecule has 2 atom stereocenters. The maximum absolute atomic E-state index is 12.2. The Morgan fingerprint density at radius 1 is 1.29 bits per heavy atom. The van der Waals surface area contributed by atoms with Crippen LogP contribution in [-0.4, -0.2) is 47.0 Å². The van der Waals surface area contributed by atoms with Crippen molar-refractivity contribution in [2.45, 2.75) is 18.8 Å². The number of hydrogen-bond acceptors (Lipinski definition) is 3. The van der Waals surface area contributed by atoms with E-state index >= 15 is 0 Å². The maximum Gasteiger partial charge on any atom is 0.308 e. The highest BCUT2D eigenvalue weighted by atomic mass is 32.2. The molecule has 1 aliphatic rings. The first kappa shape index (κ1) is 15.9. The fraction of sp³-hybridized carbons (Fsp3) is 0.500. The molecular formula is C16H21NO3S. The van der Waals surface area contributed by atoms with Gasteiger partial charge in [-0.1, -0.05) is 30.3 Å². The Morgan fingerprint density at radius 3 is 2.62 bits per heavy atom. The number of carboxylic acids is 1. The van der Waals surface area contributed by atoms with Crippen LogP contribution in [0.25, 0.3) is 0 Å². The predicted octanol–water partition coefficient (Wildman–Crippen LogP) is 2.46. The molecule has 1 aromatic rings. The monoisotopic (exact) mass is 307 g/mol. The van der Waals surface area contributed by atoms with E-state index in [9.17, 15) is 14.7 Å². The van der Waals surface area contributed by atoms with E-state index in [-0.39, 0.29) is 11.8 Å². The molecule has 114 valence electrons. The zero-order valence-electron chi connectivity index (χ0n) is 12.2. The second kappa shape index (κ2) is 7.50. The molecule has 1 heterocycles. The summed E-state index contributed by atoms with van der Waals surface area (Å²) in [5.41, 5.74) is 1.00. The number of carboxylic acid groups (broad SMARTS) is 1. The van der Waals surface area contributed by atoms with E-state index in [4.69, 9.17) is 0 Å². The highest BCUT2D eigenvalue weighted by molar-refractivity contribution is 7.98. The van der Waals surface area contributed by atoms with Crippen molar-refractivity contribution >= 4 is 23.6 Å². The molecule has 2 rings (SSSR count). The number of likely N-dealkylation sites (tertiary alicyclic amines) is 1. The van der Waals surface area contributed by atoms with Gasteiger partial charge in [0.2, 0.25) is 5.91 Å². The Morgan fingerprint density at radius 2 is 2.00 bits per heavy atom. The van der Waals surface area contributed by atoms with Gasteiger partial charge in [-0.05, 0) is 24.0 Å². The second-order valence-corrected chi connectivity index (χ2v) is 6.34. The lowest BCUT2D eigenvalue weighted by atomic mass is 9.89. The first-order chi connectivity index (χ1) is 10.1. The average molecular weight is 307 g/mol. The molecule has 1 aliphatic heterocycles. The third kappa shape index (κ3) is 4.00. The Labute approximate surface area is 129 Å². The van der Waals surface area contributed by atoms with Crippen molar-refractivity contribution in [1.29, 1.82) is 0 Å². The molecule has 2 unspecified atom stereocenters. The van der Waals surface area contributed by atoms with Crippen molar-refractivity contribution < 1.29 is 14.7 Å². The number of hydrogen-bond donors (Lipinski definition) is 1. The topological polar surface area (TPSA) is 57.6 Å². The molecular weight excluding hydrogens is 286 g/mol. The van der Waals surface area contributed by atoms with E-state index in [1.165, 1.54) is 0 Å². The van der Waals surface area contributed by atoms with Crippen LogP contribution in [0.5, 0.6) is 0 Å². The van der Waals surface area contributed by atoms with Crippen LogP contribution < -0.4 is 0 Å². The number of carbonyl (C=O) groups is 2. The Balaban J connectivity index is 2.05. The fourth-order valence-electron chi connectivity index (χ4n) is 2.82. The average Bonchev–Trinajstić information content (AvgIpc) is 2.94. The van der Waals surface area contributed by atoms with E-state index < -0.39 is 11.9 Å². The fourth-order valence-corrected chi connectivity index (χ4v) is 3.25. The van der Waals surface area contributed by atoms with Gasteiger partial charge in [0.05, 0.1) is 5.92 Å². The van der Waals surface area contributed by atoms with Gasteiger partial charge in [0, 0.05) is 25.4 Å². The van der Waals surface area contributed by atoms with E-state index in [0.29, 0.717) is 19.5 Å². The van der Waals surface area contributed by atoms with E-state index in [0.717, 1.165) is 17.7 Å². The van der Waals surface area contributed by atoms with Crippen molar-refractivity contribution in [3.05, 3.63) is 35.9 Å². The third-order valence-corrected chi connectivity index (χ3v) is 4.65. The van der Waals surface area contributed by atoms with E-state index in [1.54, 1.807) is 16.7 Å². The smallest absolute Gasteiger partial charge is 0.308 e. The molecule has 4 nitrogen and oxygen atoms in total. The minimum absolute atomic E-state index is 0.0775. The molecule has 1 aromatic carbocycles. The molecule has 0 aromatic heterocycles. The van der Waals surface area contributed by atoms with Gasteiger partial charge in [0.15, 0.2) is 0 Å². The van der Waals surface area contributed by atoms with Gasteiger partial charge in [-0.3, -0.25) is 9.59 Å². The van der Waals surface area contributed by atoms with Crippen molar-refractivity contribution in [2.75, 3.05) is 25.1 Å². The van der Waals surface area contributed by atoms with Crippen molar-refractivity contribution in [3.8, 4) is 0 Å². The molecule has 1 saturated heterocycles. The zero-order valence-corrected chi connectivity index (χ0v) is 13.0. The highest BCUT2D eigenvalue weighted by Gasteiger charge is 2.40. The number of aliphatic carboxylic acids is 1. The summed E-state index contributed by atoms with van der Waals surface area (Å²) in [4.78, 5) is 25.4. The Hall–Kier alpha value is -1.49. The maximum atomic E-state index is 12.2. The van der Waals surface area contributed by atoms with E-state index in [2.05, 4.69) is 0 Å². The van der Waals surface area contributed by atoms with Crippen LogP contribution in [0.2, 0.25) is 0 Å². The standard InChI is InChI=1S/C16H21NO3S/c1-21-9-5-8-15(18)17-10-13(14(11-17)16(19)20)12-6-3-2-4-7-12/h2-4,6-7,13-14H,5,8-11H2,1H3,(H,19,20). The number of nitrogens with zero attached hydrogens (tertiary/aromatic N) is 1. The first-order valence-corrected chi connectivity index (χ1v) is 8.57. The van der Waals surface area contributed by atoms with Gasteiger partial charge in [0.25, 0.3) is 0 Å². The van der Waals surface area contributed by atoms with Crippen molar-refractivity contribution in [2.24, 2.45) is 5.92 Å². The number of rotatable bonds is 6. The van der Waals surface area contributed by atoms with Crippen LogP contribution in [0, 0.1) is 5.92 Å². The molecule has 0 radical (unpaired) electrons. The summed E-state index contributed by atoms with van der Waals surface area (Å²) in [5.74, 6) is -0.383. The van der Waals surface area contributed by atoms with Gasteiger partial charge in [-0.15, -0.1) is 0 Å². The summed E-state index contributed by atoms with van der Waals surface area (Å²) >= 11 is 1.72. The van der Waals surface area contributed by atoms with Crippen LogP contribution in [-0.2, 0) is 9.59 Å². The molecule has 0 aliphatic carbocycles. The normalized spacial score (nSPS) is 21.5. The molecule has 21 heavy (non-hydrogen) atoms. The minimum atomic E-state index is -0.816. The predicted molar refractivity (Wildman–Crippen MR) is 84.5 cm³/mol. The van der Waals surface area contributed by atoms with Crippen LogP contribution >= 0.6 is 11.8 Å². The minimum Gasteiger partial charge on any atom is -0.481 e. The lowest BCUT2D eigenvalue weighted by Gasteiger charge is -2.16. The number of amides is 1. The molecule has 1 amide bonds. The molecule has 0 saturated carbocycles. The van der Waals surface area contributed by atoms with Gasteiger partial charge >= 0.3 is 5.97 Å². The summed E-state index contributed by atoms with van der Waals surface area (Å²) in [6, 6.07) is 9.64. The molecule has 5 heteroatoms. The lowest BCUT2D eigenvalue weighted by molar-refractivity contribution is -0.141. The third-order valence-electron chi connectivity index (χ3n) is 3.96. The van der Waals surface area contributed by atoms with Crippen LogP contribution in [0.4, 0.5) is 0 Å². The summed E-state index contributed by atoms with van der Waals surface area (Å²) in [6.07, 6.45) is 3.38. The number of benzene rings is 1. The van der Waals surface area contributed by atoms with Gasteiger partial charge in [0.1, 0.15) is 0 Å². The lowest BCUT2D eigenvalue weighted by Crippen LogP contribution is -2.29. The molecule has 0 bridgehead atoms. The van der Waals surface area contributed by atoms with E-state index in [1.807, 2.05) is 36.6 Å². The van der Waals surface area contributed by atoms with Gasteiger partial charge < -0.3 is 10.0 Å². The summed E-state index contributed by atoms with van der Waals surface area (Å²) in [6.45, 7) is 0.839. The Bertz CT molecular complexity index is 492. The summed E-state index contributed by atoms with van der Waals surface area (Å²) in [7, 11) is 0. The molecule has 0 spiro atoms. The summed E-state index contributed by atoms with van der Waals surface area (Å²) in [5, 5.41) is 9.42. The van der Waals surface area contributed by atoms with Crippen molar-refractivity contribution in [1.82, 2.24) is 4.90 Å². The largest absolute Gasteiger partial charge is 0.481 e. The zero-order chi connectivity index (χ0) is 15.2. The van der Waals surface area contributed by atoms with Gasteiger partial charge in [-0.25, -0.2) is 0 Å². The van der Waals surface area contributed by atoms with Crippen LogP contribution in [0.3, 0.4) is 0 Å². The highest BCUT2D eigenvalue weighted by Crippen LogP contribution is 2.33. The SMILES string of the molecule is CSCCCC(=O)N1CC(C(=O)O)C(c2ccccc2)C1. The van der Waals surface area contributed by atoms with Crippen LogP contribution in [0.15, 0.2) is 30.3 Å². The number of carbonyl (C=O) groups excluding carboxylic acids is 1. The number of thioether (sulfide) groups is 1. The first-order valence-electron chi connectivity index (χ1n) is 7.18.